The van der Waals surface area contributed by atoms with Crippen molar-refractivity contribution in [3.8, 4) is 16.9 Å². The second-order valence-corrected chi connectivity index (χ2v) is 9.17. The Morgan fingerprint density at radius 2 is 1.55 bits per heavy atom. The quantitative estimate of drug-likeness (QED) is 0.351. The van der Waals surface area contributed by atoms with Gasteiger partial charge in [0, 0.05) is 11.6 Å². The maximum absolute atomic E-state index is 15.0. The average molecular weight is 453 g/mol. The molecule has 33 heavy (non-hydrogen) atoms. The van der Waals surface area contributed by atoms with Gasteiger partial charge in [0.1, 0.15) is 11.6 Å². The lowest BCUT2D eigenvalue weighted by Crippen LogP contribution is -2.13. The van der Waals surface area contributed by atoms with Crippen molar-refractivity contribution in [3.05, 3.63) is 88.7 Å². The summed E-state index contributed by atoms with van der Waals surface area (Å²) in [7, 11) is 0. The Labute approximate surface area is 194 Å². The zero-order chi connectivity index (χ0) is 23.4. The van der Waals surface area contributed by atoms with Crippen LogP contribution < -0.4 is 4.74 Å². The molecule has 0 unspecified atom stereocenters. The van der Waals surface area contributed by atoms with Crippen LogP contribution in [0.3, 0.4) is 0 Å². The Bertz CT molecular complexity index is 1080. The van der Waals surface area contributed by atoms with Crippen molar-refractivity contribution in [1.82, 2.24) is 0 Å². The number of aryl methyl sites for hydroxylation is 2. The third-order valence-corrected chi connectivity index (χ3v) is 6.85. The summed E-state index contributed by atoms with van der Waals surface area (Å²) in [5.74, 6) is -0.450. The van der Waals surface area contributed by atoms with E-state index in [0.717, 1.165) is 31.2 Å². The molecule has 0 aliphatic heterocycles. The van der Waals surface area contributed by atoms with Gasteiger partial charge in [-0.2, -0.15) is 0 Å². The number of ether oxygens (including phenoxy) is 1. The molecule has 1 nitrogen and oxygen atoms in total. The molecule has 1 aliphatic carbocycles. The van der Waals surface area contributed by atoms with Gasteiger partial charge in [0.15, 0.2) is 11.6 Å². The monoisotopic (exact) mass is 452 g/mol. The van der Waals surface area contributed by atoms with Gasteiger partial charge in [0.05, 0.1) is 6.61 Å². The van der Waals surface area contributed by atoms with Crippen LogP contribution in [0.4, 0.5) is 13.2 Å². The van der Waals surface area contributed by atoms with Crippen LogP contribution in [0, 0.1) is 23.4 Å². The molecule has 1 fully saturated rings. The smallest absolute Gasteiger partial charge is 0.166 e. The molecule has 0 spiro atoms. The Morgan fingerprint density at radius 1 is 0.818 bits per heavy atom. The first kappa shape index (κ1) is 23.4. The minimum atomic E-state index is -0.768. The third kappa shape index (κ3) is 5.43. The van der Waals surface area contributed by atoms with E-state index < -0.39 is 11.6 Å². The molecule has 0 radical (unpaired) electrons. The van der Waals surface area contributed by atoms with Crippen molar-refractivity contribution >= 4 is 0 Å². The van der Waals surface area contributed by atoms with Crippen LogP contribution in [0.1, 0.15) is 62.1 Å². The van der Waals surface area contributed by atoms with E-state index in [4.69, 9.17) is 4.74 Å². The van der Waals surface area contributed by atoms with Crippen LogP contribution in [-0.4, -0.2) is 6.61 Å². The molecule has 1 aliphatic rings. The molecule has 1 saturated carbocycles. The summed E-state index contributed by atoms with van der Waals surface area (Å²) in [6.07, 6.45) is 5.17. The van der Waals surface area contributed by atoms with E-state index >= 15 is 0 Å². The highest BCUT2D eigenvalue weighted by atomic mass is 19.2. The summed E-state index contributed by atoms with van der Waals surface area (Å²) in [5, 5.41) is 0. The predicted octanol–water partition coefficient (Wildman–Crippen LogP) is 8.25. The highest BCUT2D eigenvalue weighted by Crippen LogP contribution is 2.38. The number of benzene rings is 3. The van der Waals surface area contributed by atoms with Gasteiger partial charge in [0.25, 0.3) is 0 Å². The summed E-state index contributed by atoms with van der Waals surface area (Å²) in [4.78, 5) is 0. The van der Waals surface area contributed by atoms with E-state index in [2.05, 4.69) is 6.92 Å². The van der Waals surface area contributed by atoms with Crippen molar-refractivity contribution in [2.75, 3.05) is 6.61 Å². The zero-order valence-corrected chi connectivity index (χ0v) is 19.3. The molecule has 0 saturated heterocycles. The molecule has 4 rings (SSSR count). The lowest BCUT2D eigenvalue weighted by atomic mass is 9.79. The first-order valence-electron chi connectivity index (χ1n) is 11.9. The first-order chi connectivity index (χ1) is 16.0. The molecule has 174 valence electrons. The zero-order valence-electron chi connectivity index (χ0n) is 19.3. The Balaban J connectivity index is 1.44. The van der Waals surface area contributed by atoms with E-state index in [1.54, 1.807) is 24.3 Å². The summed E-state index contributed by atoms with van der Waals surface area (Å²) < 4.78 is 49.5. The topological polar surface area (TPSA) is 9.23 Å². The van der Waals surface area contributed by atoms with Gasteiger partial charge < -0.3 is 4.74 Å². The predicted molar refractivity (Wildman–Crippen MR) is 127 cm³/mol. The molecular formula is C29H31F3O. The second-order valence-electron chi connectivity index (χ2n) is 9.17. The minimum absolute atomic E-state index is 0.107. The van der Waals surface area contributed by atoms with Gasteiger partial charge >= 0.3 is 0 Å². The summed E-state index contributed by atoms with van der Waals surface area (Å²) >= 11 is 0. The van der Waals surface area contributed by atoms with Gasteiger partial charge in [-0.3, -0.25) is 0 Å². The fourth-order valence-corrected chi connectivity index (χ4v) is 4.79. The lowest BCUT2D eigenvalue weighted by Gasteiger charge is -2.27. The van der Waals surface area contributed by atoms with Crippen LogP contribution in [0.15, 0.2) is 54.6 Å². The van der Waals surface area contributed by atoms with E-state index in [-0.39, 0.29) is 17.3 Å². The van der Waals surface area contributed by atoms with E-state index in [9.17, 15) is 13.2 Å². The van der Waals surface area contributed by atoms with Crippen LogP contribution in [0.5, 0.6) is 5.75 Å². The normalized spacial score (nSPS) is 18.3. The largest absolute Gasteiger partial charge is 0.494 e. The summed E-state index contributed by atoms with van der Waals surface area (Å²) in [6.45, 7) is 4.58. The maximum atomic E-state index is 15.0. The van der Waals surface area contributed by atoms with Crippen molar-refractivity contribution in [1.29, 1.82) is 0 Å². The molecule has 3 aromatic carbocycles. The van der Waals surface area contributed by atoms with Crippen LogP contribution in [0.25, 0.3) is 11.1 Å². The van der Waals surface area contributed by atoms with Crippen LogP contribution >= 0.6 is 0 Å². The molecule has 4 heteroatoms. The number of hydrogen-bond acceptors (Lipinski definition) is 1. The van der Waals surface area contributed by atoms with Crippen LogP contribution in [-0.2, 0) is 12.8 Å². The minimum Gasteiger partial charge on any atom is -0.494 e. The Morgan fingerprint density at radius 3 is 2.21 bits per heavy atom. The summed E-state index contributed by atoms with van der Waals surface area (Å²) in [6, 6.07) is 15.8. The fourth-order valence-electron chi connectivity index (χ4n) is 4.79. The molecule has 0 heterocycles. The second kappa shape index (κ2) is 10.5. The average Bonchev–Trinajstić information content (AvgIpc) is 2.82. The van der Waals surface area contributed by atoms with Gasteiger partial charge in [-0.1, -0.05) is 62.2 Å². The van der Waals surface area contributed by atoms with Crippen molar-refractivity contribution in [2.45, 2.75) is 58.3 Å². The number of rotatable bonds is 7. The van der Waals surface area contributed by atoms with Gasteiger partial charge in [0.2, 0.25) is 0 Å². The first-order valence-corrected chi connectivity index (χ1v) is 11.9. The standard InChI is InChI=1S/C29H31F3O/c1-3-33-24-15-14-23(27(30)18-24)13-8-20-6-11-22(12-7-20)26-17-16-25(28(31)29(26)32)21-9-4-19(2)5-10-21/h6-7,11-12,14-19,21H,3-5,8-10,13H2,1-2H3. The highest BCUT2D eigenvalue weighted by molar-refractivity contribution is 5.65. The Hall–Kier alpha value is -2.75. The van der Waals surface area contributed by atoms with Crippen molar-refractivity contribution in [3.63, 3.8) is 0 Å². The molecule has 0 N–H and O–H groups in total. The van der Waals surface area contributed by atoms with Crippen molar-refractivity contribution in [2.24, 2.45) is 5.92 Å². The third-order valence-electron chi connectivity index (χ3n) is 6.85. The van der Waals surface area contributed by atoms with Crippen molar-refractivity contribution < 1.29 is 17.9 Å². The highest BCUT2D eigenvalue weighted by Gasteiger charge is 2.25. The fraction of sp³-hybridized carbons (Fsp3) is 0.379. The lowest BCUT2D eigenvalue weighted by molar-refractivity contribution is 0.338. The molecule has 3 aromatic rings. The maximum Gasteiger partial charge on any atom is 0.166 e. The van der Waals surface area contributed by atoms with E-state index in [1.165, 1.54) is 6.07 Å². The molecule has 0 atom stereocenters. The van der Waals surface area contributed by atoms with Gasteiger partial charge in [-0.05, 0) is 72.8 Å². The van der Waals surface area contributed by atoms with Crippen LogP contribution in [0.2, 0.25) is 0 Å². The number of halogens is 3. The number of hydrogen-bond donors (Lipinski definition) is 0. The summed E-state index contributed by atoms with van der Waals surface area (Å²) in [5.41, 5.74) is 3.08. The Kier molecular flexibility index (Phi) is 7.42. The molecule has 0 bridgehead atoms. The molecule has 0 aromatic heterocycles. The molecular weight excluding hydrogens is 421 g/mol. The SMILES string of the molecule is CCOc1ccc(CCc2ccc(-c3ccc(C4CCC(C)CC4)c(F)c3F)cc2)c(F)c1. The molecule has 0 amide bonds. The van der Waals surface area contributed by atoms with Gasteiger partial charge in [-0.15, -0.1) is 0 Å². The van der Waals surface area contributed by atoms with E-state index in [1.807, 2.05) is 31.2 Å². The van der Waals surface area contributed by atoms with E-state index in [0.29, 0.717) is 47.8 Å². The van der Waals surface area contributed by atoms with Gasteiger partial charge in [-0.25, -0.2) is 13.2 Å².